The van der Waals surface area contributed by atoms with Crippen molar-refractivity contribution in [3.8, 4) is 0 Å². The summed E-state index contributed by atoms with van der Waals surface area (Å²) in [5.41, 5.74) is 1.30. The molecule has 1 amide bonds. The van der Waals surface area contributed by atoms with Gasteiger partial charge >= 0.3 is 5.97 Å². The van der Waals surface area contributed by atoms with Gasteiger partial charge in [0, 0.05) is 12.5 Å². The second-order valence-electron chi connectivity index (χ2n) is 5.62. The largest absolute Gasteiger partial charge is 0.465 e. The van der Waals surface area contributed by atoms with Crippen molar-refractivity contribution in [1.82, 2.24) is 9.78 Å². The van der Waals surface area contributed by atoms with Gasteiger partial charge in [-0.1, -0.05) is 25.1 Å². The van der Waals surface area contributed by atoms with Gasteiger partial charge in [0.25, 0.3) is 0 Å². The Morgan fingerprint density at radius 3 is 2.75 bits per heavy atom. The first kappa shape index (κ1) is 17.7. The fourth-order valence-corrected chi connectivity index (χ4v) is 2.44. The molecule has 0 unspecified atom stereocenters. The molecule has 1 N–H and O–H groups in total. The van der Waals surface area contributed by atoms with Gasteiger partial charge in [0.05, 0.1) is 24.9 Å². The zero-order valence-corrected chi connectivity index (χ0v) is 14.3. The van der Waals surface area contributed by atoms with Crippen LogP contribution in [0, 0.1) is 0 Å². The van der Waals surface area contributed by atoms with Gasteiger partial charge in [0.2, 0.25) is 5.91 Å². The van der Waals surface area contributed by atoms with Gasteiger partial charge in [0.15, 0.2) is 0 Å². The van der Waals surface area contributed by atoms with Crippen LogP contribution in [0.4, 0.5) is 5.82 Å². The Kier molecular flexibility index (Phi) is 6.12. The minimum absolute atomic E-state index is 0.111. The van der Waals surface area contributed by atoms with Crippen molar-refractivity contribution >= 4 is 17.7 Å². The van der Waals surface area contributed by atoms with E-state index in [-0.39, 0.29) is 24.3 Å². The molecule has 1 heterocycles. The SMILES string of the molecule is CC[C@@H](C)n1nccc1NC(=O)CCc1ccccc1C(=O)OC. The lowest BCUT2D eigenvalue weighted by Crippen LogP contribution is -2.18. The van der Waals surface area contributed by atoms with Crippen LogP contribution in [0.1, 0.15) is 48.7 Å². The van der Waals surface area contributed by atoms with Gasteiger partial charge in [0.1, 0.15) is 5.82 Å². The van der Waals surface area contributed by atoms with E-state index in [1.54, 1.807) is 29.1 Å². The molecule has 0 aliphatic heterocycles. The summed E-state index contributed by atoms with van der Waals surface area (Å²) in [5.74, 6) is 0.191. The summed E-state index contributed by atoms with van der Waals surface area (Å²) in [6.07, 6.45) is 3.35. The van der Waals surface area contributed by atoms with Gasteiger partial charge in [-0.15, -0.1) is 0 Å². The monoisotopic (exact) mass is 329 g/mol. The van der Waals surface area contributed by atoms with E-state index >= 15 is 0 Å². The molecule has 6 nitrogen and oxygen atoms in total. The van der Waals surface area contributed by atoms with E-state index in [0.717, 1.165) is 12.0 Å². The van der Waals surface area contributed by atoms with Crippen molar-refractivity contribution in [3.63, 3.8) is 0 Å². The van der Waals surface area contributed by atoms with Gasteiger partial charge in [-0.3, -0.25) is 4.79 Å². The van der Waals surface area contributed by atoms with Crippen molar-refractivity contribution in [2.75, 3.05) is 12.4 Å². The lowest BCUT2D eigenvalue weighted by molar-refractivity contribution is -0.116. The summed E-state index contributed by atoms with van der Waals surface area (Å²) in [5, 5.41) is 7.13. The van der Waals surface area contributed by atoms with Crippen LogP contribution in [0.25, 0.3) is 0 Å². The van der Waals surface area contributed by atoms with Crippen molar-refractivity contribution in [1.29, 1.82) is 0 Å². The number of amides is 1. The van der Waals surface area contributed by atoms with Crippen LogP contribution in [0.2, 0.25) is 0 Å². The molecule has 0 radical (unpaired) electrons. The minimum Gasteiger partial charge on any atom is -0.465 e. The highest BCUT2D eigenvalue weighted by molar-refractivity contribution is 5.92. The Morgan fingerprint density at radius 1 is 1.29 bits per heavy atom. The molecule has 0 aliphatic rings. The summed E-state index contributed by atoms with van der Waals surface area (Å²) in [4.78, 5) is 24.0. The number of rotatable bonds is 7. The number of anilines is 1. The van der Waals surface area contributed by atoms with Crippen LogP contribution < -0.4 is 5.32 Å². The molecular weight excluding hydrogens is 306 g/mol. The number of aryl methyl sites for hydroxylation is 1. The number of carbonyl (C=O) groups excluding carboxylic acids is 2. The highest BCUT2D eigenvalue weighted by atomic mass is 16.5. The van der Waals surface area contributed by atoms with Crippen LogP contribution in [-0.4, -0.2) is 28.8 Å². The number of ether oxygens (including phenoxy) is 1. The van der Waals surface area contributed by atoms with Crippen molar-refractivity contribution < 1.29 is 14.3 Å². The predicted octanol–water partition coefficient (Wildman–Crippen LogP) is 3.21. The first-order chi connectivity index (χ1) is 11.6. The third-order valence-electron chi connectivity index (χ3n) is 3.99. The third kappa shape index (κ3) is 4.22. The Balaban J connectivity index is 2.00. The van der Waals surface area contributed by atoms with E-state index in [2.05, 4.69) is 24.3 Å². The molecule has 6 heteroatoms. The standard InChI is InChI=1S/C18H23N3O3/c1-4-13(2)21-16(11-12-19-21)20-17(22)10-9-14-7-5-6-8-15(14)18(23)24-3/h5-8,11-13H,4,9-10H2,1-3H3,(H,20,22)/t13-/m1/s1. The smallest absolute Gasteiger partial charge is 0.338 e. The zero-order valence-electron chi connectivity index (χ0n) is 14.3. The van der Waals surface area contributed by atoms with Gasteiger partial charge in [-0.25, -0.2) is 9.48 Å². The predicted molar refractivity (Wildman–Crippen MR) is 92.0 cm³/mol. The van der Waals surface area contributed by atoms with E-state index in [9.17, 15) is 9.59 Å². The maximum absolute atomic E-state index is 12.2. The Bertz CT molecular complexity index is 709. The molecule has 0 saturated carbocycles. The fourth-order valence-electron chi connectivity index (χ4n) is 2.44. The van der Waals surface area contributed by atoms with Gasteiger partial charge in [-0.05, 0) is 31.4 Å². The van der Waals surface area contributed by atoms with Crippen LogP contribution in [0.15, 0.2) is 36.5 Å². The van der Waals surface area contributed by atoms with E-state index in [4.69, 9.17) is 4.74 Å². The maximum Gasteiger partial charge on any atom is 0.338 e. The van der Waals surface area contributed by atoms with Crippen molar-refractivity contribution in [2.24, 2.45) is 0 Å². The number of benzene rings is 1. The van der Waals surface area contributed by atoms with Crippen molar-refractivity contribution in [3.05, 3.63) is 47.7 Å². The molecule has 2 aromatic rings. The Hall–Kier alpha value is -2.63. The molecule has 0 saturated heterocycles. The number of nitrogens with one attached hydrogen (secondary N) is 1. The quantitative estimate of drug-likeness (QED) is 0.792. The zero-order chi connectivity index (χ0) is 17.5. The number of hydrogen-bond acceptors (Lipinski definition) is 4. The highest BCUT2D eigenvalue weighted by Gasteiger charge is 2.14. The highest BCUT2D eigenvalue weighted by Crippen LogP contribution is 2.17. The van der Waals surface area contributed by atoms with E-state index in [1.165, 1.54) is 7.11 Å². The molecule has 1 atom stereocenters. The average molecular weight is 329 g/mol. The summed E-state index contributed by atoms with van der Waals surface area (Å²) >= 11 is 0. The van der Waals surface area contributed by atoms with E-state index < -0.39 is 0 Å². The molecule has 1 aromatic carbocycles. The molecule has 24 heavy (non-hydrogen) atoms. The summed E-state index contributed by atoms with van der Waals surface area (Å²) in [6, 6.07) is 9.17. The average Bonchev–Trinajstić information content (AvgIpc) is 3.06. The second-order valence-corrected chi connectivity index (χ2v) is 5.62. The Morgan fingerprint density at radius 2 is 2.04 bits per heavy atom. The minimum atomic E-state index is -0.388. The molecule has 1 aromatic heterocycles. The molecule has 128 valence electrons. The lowest BCUT2D eigenvalue weighted by Gasteiger charge is -2.14. The number of carbonyl (C=O) groups is 2. The number of aromatic nitrogens is 2. The van der Waals surface area contributed by atoms with Crippen LogP contribution >= 0.6 is 0 Å². The fraction of sp³-hybridized carbons (Fsp3) is 0.389. The summed E-state index contributed by atoms with van der Waals surface area (Å²) in [6.45, 7) is 4.12. The van der Waals surface area contributed by atoms with E-state index in [1.807, 2.05) is 12.1 Å². The number of methoxy groups -OCH3 is 1. The van der Waals surface area contributed by atoms with Gasteiger partial charge in [-0.2, -0.15) is 5.10 Å². The normalized spacial score (nSPS) is 11.8. The second kappa shape index (κ2) is 8.29. The molecule has 0 fully saturated rings. The van der Waals surface area contributed by atoms with E-state index in [0.29, 0.717) is 17.8 Å². The number of hydrogen-bond donors (Lipinski definition) is 1. The van der Waals surface area contributed by atoms with Crippen LogP contribution in [0.3, 0.4) is 0 Å². The molecule has 0 bridgehead atoms. The topological polar surface area (TPSA) is 73.2 Å². The van der Waals surface area contributed by atoms with Gasteiger partial charge < -0.3 is 10.1 Å². The molecule has 0 spiro atoms. The maximum atomic E-state index is 12.2. The summed E-state index contributed by atoms with van der Waals surface area (Å²) < 4.78 is 6.58. The molecule has 0 aliphatic carbocycles. The van der Waals surface area contributed by atoms with Crippen LogP contribution in [-0.2, 0) is 16.0 Å². The van der Waals surface area contributed by atoms with Crippen molar-refractivity contribution in [2.45, 2.75) is 39.2 Å². The number of nitrogens with zero attached hydrogens (tertiary/aromatic N) is 2. The number of esters is 1. The first-order valence-corrected chi connectivity index (χ1v) is 8.06. The molecule has 2 rings (SSSR count). The third-order valence-corrected chi connectivity index (χ3v) is 3.99. The molecular formula is C18H23N3O3. The first-order valence-electron chi connectivity index (χ1n) is 8.06. The summed E-state index contributed by atoms with van der Waals surface area (Å²) in [7, 11) is 1.35. The lowest BCUT2D eigenvalue weighted by atomic mass is 10.0. The Labute approximate surface area is 141 Å². The van der Waals surface area contributed by atoms with Crippen LogP contribution in [0.5, 0.6) is 0 Å².